The van der Waals surface area contributed by atoms with Crippen molar-refractivity contribution in [3.63, 3.8) is 0 Å². The maximum atomic E-state index is 12.0. The van der Waals surface area contributed by atoms with Crippen molar-refractivity contribution in [2.75, 3.05) is 7.05 Å². The molecule has 0 bridgehead atoms. The van der Waals surface area contributed by atoms with Gasteiger partial charge in [0.25, 0.3) is 6.43 Å². The summed E-state index contributed by atoms with van der Waals surface area (Å²) in [6, 6.07) is 0. The third kappa shape index (κ3) is 1.32. The highest BCUT2D eigenvalue weighted by Crippen LogP contribution is 2.11. The number of allylic oxidation sites excluding steroid dienone is 1. The Morgan fingerprint density at radius 1 is 1.60 bits per heavy atom. The van der Waals surface area contributed by atoms with Crippen molar-refractivity contribution in [1.82, 2.24) is 4.90 Å². The van der Waals surface area contributed by atoms with E-state index in [0.717, 1.165) is 0 Å². The van der Waals surface area contributed by atoms with Crippen LogP contribution in [0.2, 0.25) is 0 Å². The minimum atomic E-state index is -2.41. The van der Waals surface area contributed by atoms with Crippen LogP contribution in [0.5, 0.6) is 0 Å². The van der Waals surface area contributed by atoms with Gasteiger partial charge in [0.05, 0.1) is 0 Å². The second kappa shape index (κ2) is 2.77. The van der Waals surface area contributed by atoms with Crippen molar-refractivity contribution in [2.45, 2.75) is 12.6 Å². The second-order valence-corrected chi connectivity index (χ2v) is 2.05. The summed E-state index contributed by atoms with van der Waals surface area (Å²) in [6.07, 6.45) is 1.18. The summed E-state index contributed by atoms with van der Waals surface area (Å²) in [5, 5.41) is 0. The third-order valence-corrected chi connectivity index (χ3v) is 1.29. The predicted octanol–water partition coefficient (Wildman–Crippen LogP) is 1.11. The summed E-state index contributed by atoms with van der Waals surface area (Å²) in [6.45, 7) is 0. The van der Waals surface area contributed by atoms with E-state index in [1.54, 1.807) is 19.3 Å². The van der Waals surface area contributed by atoms with Gasteiger partial charge in [-0.3, -0.25) is 4.99 Å². The van der Waals surface area contributed by atoms with Crippen LogP contribution in [-0.2, 0) is 0 Å². The topological polar surface area (TPSA) is 15.6 Å². The van der Waals surface area contributed by atoms with Gasteiger partial charge in [-0.2, -0.15) is 0 Å². The first kappa shape index (κ1) is 7.18. The van der Waals surface area contributed by atoms with Gasteiger partial charge in [-0.1, -0.05) is 0 Å². The Balaban J connectivity index is 2.61. The molecule has 1 unspecified atom stereocenters. The molecule has 4 heteroatoms. The summed E-state index contributed by atoms with van der Waals surface area (Å²) in [7, 11) is 1.57. The van der Waals surface area contributed by atoms with Gasteiger partial charge in [-0.25, -0.2) is 8.78 Å². The van der Waals surface area contributed by atoms with Crippen LogP contribution in [-0.4, -0.2) is 30.8 Å². The molecule has 1 aliphatic heterocycles. The Kier molecular flexibility index (Phi) is 1.99. The number of hydrogen-bond donors (Lipinski definition) is 0. The molecule has 0 saturated heterocycles. The standard InChI is InChI=1S/C6H8F2N2/c1-10-4-2-3-9-6(10)5(7)8/h2-6H,1H3. The summed E-state index contributed by atoms with van der Waals surface area (Å²) >= 11 is 0. The van der Waals surface area contributed by atoms with E-state index in [1.165, 1.54) is 11.1 Å². The van der Waals surface area contributed by atoms with Crippen LogP contribution in [0.1, 0.15) is 0 Å². The average molecular weight is 146 g/mol. The van der Waals surface area contributed by atoms with Crippen LogP contribution >= 0.6 is 0 Å². The van der Waals surface area contributed by atoms with Crippen molar-refractivity contribution in [1.29, 1.82) is 0 Å². The smallest absolute Gasteiger partial charge is 0.278 e. The van der Waals surface area contributed by atoms with Gasteiger partial charge in [-0.05, 0) is 6.08 Å². The molecular formula is C6H8F2N2. The lowest BCUT2D eigenvalue weighted by Gasteiger charge is -2.23. The van der Waals surface area contributed by atoms with Crippen LogP contribution < -0.4 is 0 Å². The molecule has 0 aliphatic carbocycles. The van der Waals surface area contributed by atoms with Gasteiger partial charge < -0.3 is 4.90 Å². The Morgan fingerprint density at radius 3 is 2.70 bits per heavy atom. The highest BCUT2D eigenvalue weighted by Gasteiger charge is 2.22. The SMILES string of the molecule is CN1C=CC=NC1C(F)F. The number of hydrogen-bond acceptors (Lipinski definition) is 2. The van der Waals surface area contributed by atoms with E-state index < -0.39 is 12.6 Å². The molecule has 10 heavy (non-hydrogen) atoms. The number of alkyl halides is 2. The van der Waals surface area contributed by atoms with Gasteiger partial charge in [0.2, 0.25) is 0 Å². The van der Waals surface area contributed by atoms with Crippen molar-refractivity contribution >= 4 is 6.21 Å². The van der Waals surface area contributed by atoms with Crippen LogP contribution in [0.3, 0.4) is 0 Å². The van der Waals surface area contributed by atoms with Crippen LogP contribution in [0.15, 0.2) is 17.3 Å². The Hall–Kier alpha value is -0.930. The van der Waals surface area contributed by atoms with Crippen LogP contribution in [0, 0.1) is 0 Å². The molecule has 0 aromatic heterocycles. The Morgan fingerprint density at radius 2 is 2.30 bits per heavy atom. The molecule has 1 rings (SSSR count). The normalized spacial score (nSPS) is 24.4. The summed E-state index contributed by atoms with van der Waals surface area (Å²) in [4.78, 5) is 4.95. The number of halogens is 2. The van der Waals surface area contributed by atoms with E-state index in [-0.39, 0.29) is 0 Å². The van der Waals surface area contributed by atoms with E-state index in [2.05, 4.69) is 4.99 Å². The molecule has 0 N–H and O–H groups in total. The zero-order valence-electron chi connectivity index (χ0n) is 5.54. The first-order chi connectivity index (χ1) is 4.72. The monoisotopic (exact) mass is 146 g/mol. The highest BCUT2D eigenvalue weighted by atomic mass is 19.3. The molecule has 0 fully saturated rings. The Bertz CT molecular complexity index is 165. The maximum absolute atomic E-state index is 12.0. The maximum Gasteiger partial charge on any atom is 0.278 e. The lowest BCUT2D eigenvalue weighted by Crippen LogP contribution is -2.33. The molecule has 2 nitrogen and oxygen atoms in total. The van der Waals surface area contributed by atoms with E-state index in [1.807, 2.05) is 0 Å². The van der Waals surface area contributed by atoms with Crippen molar-refractivity contribution < 1.29 is 8.78 Å². The lowest BCUT2D eigenvalue weighted by atomic mass is 10.4. The van der Waals surface area contributed by atoms with E-state index >= 15 is 0 Å². The number of rotatable bonds is 1. The largest absolute Gasteiger partial charge is 0.354 e. The molecule has 1 heterocycles. The minimum Gasteiger partial charge on any atom is -0.354 e. The second-order valence-electron chi connectivity index (χ2n) is 2.05. The lowest BCUT2D eigenvalue weighted by molar-refractivity contribution is 0.0618. The Labute approximate surface area is 57.9 Å². The zero-order valence-corrected chi connectivity index (χ0v) is 5.54. The summed E-state index contributed by atoms with van der Waals surface area (Å²) in [5.74, 6) is 0. The van der Waals surface area contributed by atoms with Crippen LogP contribution in [0.4, 0.5) is 8.78 Å². The van der Waals surface area contributed by atoms with Crippen LogP contribution in [0.25, 0.3) is 0 Å². The molecular weight excluding hydrogens is 138 g/mol. The average Bonchev–Trinajstić information content (AvgIpc) is 1.88. The predicted molar refractivity (Wildman–Crippen MR) is 35.2 cm³/mol. The molecule has 0 aromatic rings. The first-order valence-electron chi connectivity index (χ1n) is 2.92. The van der Waals surface area contributed by atoms with Gasteiger partial charge in [0.1, 0.15) is 0 Å². The fourth-order valence-electron chi connectivity index (χ4n) is 0.748. The summed E-state index contributed by atoms with van der Waals surface area (Å²) < 4.78 is 24.0. The quantitative estimate of drug-likeness (QED) is 0.541. The van der Waals surface area contributed by atoms with Gasteiger partial charge in [0, 0.05) is 19.5 Å². The van der Waals surface area contributed by atoms with Gasteiger partial charge in [-0.15, -0.1) is 0 Å². The minimum absolute atomic E-state index is 0.995. The molecule has 0 aromatic carbocycles. The number of aliphatic imine (C=N–C) groups is 1. The van der Waals surface area contributed by atoms with Crippen molar-refractivity contribution in [3.05, 3.63) is 12.3 Å². The molecule has 1 atom stereocenters. The fraction of sp³-hybridized carbons (Fsp3) is 0.500. The zero-order chi connectivity index (χ0) is 7.56. The highest BCUT2D eigenvalue weighted by molar-refractivity contribution is 5.71. The molecule has 56 valence electrons. The first-order valence-corrected chi connectivity index (χ1v) is 2.92. The molecule has 1 aliphatic rings. The molecule has 0 spiro atoms. The van der Waals surface area contributed by atoms with E-state index in [9.17, 15) is 8.78 Å². The van der Waals surface area contributed by atoms with Crippen molar-refractivity contribution in [3.8, 4) is 0 Å². The van der Waals surface area contributed by atoms with Gasteiger partial charge >= 0.3 is 0 Å². The molecule has 0 saturated carbocycles. The van der Waals surface area contributed by atoms with Gasteiger partial charge in [0.15, 0.2) is 6.17 Å². The fourth-order valence-corrected chi connectivity index (χ4v) is 0.748. The third-order valence-electron chi connectivity index (χ3n) is 1.29. The van der Waals surface area contributed by atoms with E-state index in [0.29, 0.717) is 0 Å². The van der Waals surface area contributed by atoms with E-state index in [4.69, 9.17) is 0 Å². The molecule has 0 amide bonds. The number of nitrogens with zero attached hydrogens (tertiary/aromatic N) is 2. The molecule has 0 radical (unpaired) electrons. The van der Waals surface area contributed by atoms with Crippen molar-refractivity contribution in [2.24, 2.45) is 4.99 Å². The summed E-state index contributed by atoms with van der Waals surface area (Å²) in [5.41, 5.74) is 0.